The van der Waals surface area contributed by atoms with Gasteiger partial charge in [0, 0.05) is 12.1 Å². The van der Waals surface area contributed by atoms with Crippen molar-refractivity contribution in [2.75, 3.05) is 13.2 Å². The molecule has 0 aliphatic carbocycles. The third-order valence-corrected chi connectivity index (χ3v) is 4.05. The fraction of sp³-hybridized carbons (Fsp3) is 0.300. The van der Waals surface area contributed by atoms with Gasteiger partial charge in [-0.05, 0) is 37.1 Å². The standard InChI is InChI=1S/C20H23NO4/c1-3-12-25-17-11-7-8-15(13-17)18(22)21-14-20(2,19(23)24)16-9-5-4-6-10-16/h4-11,13H,3,12,14H2,1-2H3,(H,21,22)(H,23,24). The lowest BCUT2D eigenvalue weighted by Gasteiger charge is -2.25. The van der Waals surface area contributed by atoms with Gasteiger partial charge in [-0.3, -0.25) is 9.59 Å². The Labute approximate surface area is 147 Å². The van der Waals surface area contributed by atoms with Crippen LogP contribution in [0.15, 0.2) is 54.6 Å². The first-order chi connectivity index (χ1) is 12.0. The number of carboxylic acid groups (broad SMARTS) is 1. The van der Waals surface area contributed by atoms with Gasteiger partial charge in [0.15, 0.2) is 0 Å². The molecule has 132 valence electrons. The average Bonchev–Trinajstić information content (AvgIpc) is 2.64. The van der Waals surface area contributed by atoms with Gasteiger partial charge in [-0.15, -0.1) is 0 Å². The maximum atomic E-state index is 12.4. The zero-order valence-corrected chi connectivity index (χ0v) is 14.5. The Kier molecular flexibility index (Phi) is 6.17. The molecule has 2 aromatic rings. The summed E-state index contributed by atoms with van der Waals surface area (Å²) in [7, 11) is 0. The van der Waals surface area contributed by atoms with Crippen LogP contribution in [0.5, 0.6) is 5.75 Å². The first kappa shape index (κ1) is 18.5. The van der Waals surface area contributed by atoms with E-state index in [4.69, 9.17) is 4.74 Å². The van der Waals surface area contributed by atoms with E-state index in [9.17, 15) is 14.7 Å². The summed E-state index contributed by atoms with van der Waals surface area (Å²) >= 11 is 0. The number of hydrogen-bond acceptors (Lipinski definition) is 3. The summed E-state index contributed by atoms with van der Waals surface area (Å²) in [4.78, 5) is 24.2. The van der Waals surface area contributed by atoms with Crippen molar-refractivity contribution in [3.63, 3.8) is 0 Å². The first-order valence-corrected chi connectivity index (χ1v) is 8.27. The van der Waals surface area contributed by atoms with Gasteiger partial charge in [-0.25, -0.2) is 0 Å². The van der Waals surface area contributed by atoms with Crippen LogP contribution in [0.2, 0.25) is 0 Å². The minimum Gasteiger partial charge on any atom is -0.494 e. The van der Waals surface area contributed by atoms with E-state index in [-0.39, 0.29) is 12.5 Å². The molecule has 0 bridgehead atoms. The lowest BCUT2D eigenvalue weighted by Crippen LogP contribution is -2.44. The van der Waals surface area contributed by atoms with E-state index < -0.39 is 11.4 Å². The van der Waals surface area contributed by atoms with Crippen molar-refractivity contribution >= 4 is 11.9 Å². The highest BCUT2D eigenvalue weighted by molar-refractivity contribution is 5.95. The molecule has 0 radical (unpaired) electrons. The number of carbonyl (C=O) groups is 2. The number of amides is 1. The molecular weight excluding hydrogens is 318 g/mol. The molecule has 5 nitrogen and oxygen atoms in total. The van der Waals surface area contributed by atoms with Crippen molar-refractivity contribution in [1.82, 2.24) is 5.32 Å². The Morgan fingerprint density at radius 2 is 1.84 bits per heavy atom. The number of carbonyl (C=O) groups excluding carboxylic acids is 1. The molecule has 0 spiro atoms. The van der Waals surface area contributed by atoms with Crippen LogP contribution in [0.25, 0.3) is 0 Å². The average molecular weight is 341 g/mol. The van der Waals surface area contributed by atoms with Crippen LogP contribution >= 0.6 is 0 Å². The maximum Gasteiger partial charge on any atom is 0.315 e. The smallest absolute Gasteiger partial charge is 0.315 e. The molecule has 0 aliphatic heterocycles. The second-order valence-electron chi connectivity index (χ2n) is 6.06. The van der Waals surface area contributed by atoms with E-state index in [1.54, 1.807) is 55.5 Å². The Balaban J connectivity index is 2.11. The SMILES string of the molecule is CCCOc1cccc(C(=O)NCC(C)(C(=O)O)c2ccccc2)c1. The fourth-order valence-corrected chi connectivity index (χ4v) is 2.41. The molecule has 1 unspecified atom stereocenters. The molecule has 0 saturated carbocycles. The molecule has 0 saturated heterocycles. The van der Waals surface area contributed by atoms with E-state index in [0.29, 0.717) is 23.5 Å². The molecule has 0 aromatic heterocycles. The summed E-state index contributed by atoms with van der Waals surface area (Å²) in [5, 5.41) is 12.4. The van der Waals surface area contributed by atoms with Crippen LogP contribution in [-0.2, 0) is 10.2 Å². The van der Waals surface area contributed by atoms with Crippen LogP contribution < -0.4 is 10.1 Å². The predicted octanol–water partition coefficient (Wildman–Crippen LogP) is 3.25. The lowest BCUT2D eigenvalue weighted by atomic mass is 9.82. The highest BCUT2D eigenvalue weighted by atomic mass is 16.5. The van der Waals surface area contributed by atoms with Gasteiger partial charge in [0.2, 0.25) is 0 Å². The highest BCUT2D eigenvalue weighted by Crippen LogP contribution is 2.23. The molecule has 2 rings (SSSR count). The zero-order chi connectivity index (χ0) is 18.3. The summed E-state index contributed by atoms with van der Waals surface area (Å²) in [5.74, 6) is -0.692. The molecule has 5 heteroatoms. The van der Waals surface area contributed by atoms with Gasteiger partial charge < -0.3 is 15.2 Å². The van der Waals surface area contributed by atoms with Gasteiger partial charge >= 0.3 is 5.97 Å². The van der Waals surface area contributed by atoms with Crippen molar-refractivity contribution in [1.29, 1.82) is 0 Å². The van der Waals surface area contributed by atoms with Crippen LogP contribution in [0, 0.1) is 0 Å². The quantitative estimate of drug-likeness (QED) is 0.773. The van der Waals surface area contributed by atoms with Crippen molar-refractivity contribution in [3.8, 4) is 5.75 Å². The van der Waals surface area contributed by atoms with Crippen LogP contribution in [0.4, 0.5) is 0 Å². The number of rotatable bonds is 8. The van der Waals surface area contributed by atoms with E-state index in [1.807, 2.05) is 13.0 Å². The number of hydrogen-bond donors (Lipinski definition) is 2. The first-order valence-electron chi connectivity index (χ1n) is 8.27. The number of carboxylic acids is 1. The molecule has 1 amide bonds. The second kappa shape index (κ2) is 8.33. The third kappa shape index (κ3) is 4.59. The number of ether oxygens (including phenoxy) is 1. The van der Waals surface area contributed by atoms with Gasteiger partial charge in [-0.2, -0.15) is 0 Å². The molecule has 0 heterocycles. The number of nitrogens with one attached hydrogen (secondary N) is 1. The summed E-state index contributed by atoms with van der Waals surface area (Å²) in [6, 6.07) is 15.8. The van der Waals surface area contributed by atoms with Crippen LogP contribution in [-0.4, -0.2) is 30.1 Å². The molecule has 2 N–H and O–H groups in total. The zero-order valence-electron chi connectivity index (χ0n) is 14.5. The summed E-state index contributed by atoms with van der Waals surface area (Å²) in [6.45, 7) is 4.18. The van der Waals surface area contributed by atoms with E-state index in [1.165, 1.54) is 0 Å². The Morgan fingerprint density at radius 3 is 2.48 bits per heavy atom. The van der Waals surface area contributed by atoms with Crippen LogP contribution in [0.3, 0.4) is 0 Å². The fourth-order valence-electron chi connectivity index (χ4n) is 2.41. The molecule has 0 fully saturated rings. The normalized spacial score (nSPS) is 12.9. The second-order valence-corrected chi connectivity index (χ2v) is 6.06. The lowest BCUT2D eigenvalue weighted by molar-refractivity contribution is -0.142. The van der Waals surface area contributed by atoms with E-state index in [0.717, 1.165) is 6.42 Å². The van der Waals surface area contributed by atoms with E-state index >= 15 is 0 Å². The number of benzene rings is 2. The largest absolute Gasteiger partial charge is 0.494 e. The summed E-state index contributed by atoms with van der Waals surface area (Å²) in [6.07, 6.45) is 0.879. The monoisotopic (exact) mass is 341 g/mol. The Morgan fingerprint density at radius 1 is 1.12 bits per heavy atom. The predicted molar refractivity (Wildman–Crippen MR) is 96.0 cm³/mol. The molecule has 25 heavy (non-hydrogen) atoms. The van der Waals surface area contributed by atoms with Gasteiger partial charge in [0.05, 0.1) is 6.61 Å². The maximum absolute atomic E-state index is 12.4. The van der Waals surface area contributed by atoms with Crippen molar-refractivity contribution in [3.05, 3.63) is 65.7 Å². The third-order valence-electron chi connectivity index (χ3n) is 4.05. The summed E-state index contributed by atoms with van der Waals surface area (Å²) < 4.78 is 5.52. The minimum atomic E-state index is -1.20. The molecule has 0 aliphatic rings. The molecule has 1 atom stereocenters. The van der Waals surface area contributed by atoms with Crippen molar-refractivity contribution in [2.45, 2.75) is 25.7 Å². The van der Waals surface area contributed by atoms with Crippen LogP contribution in [0.1, 0.15) is 36.2 Å². The van der Waals surface area contributed by atoms with Crippen molar-refractivity contribution in [2.24, 2.45) is 0 Å². The minimum absolute atomic E-state index is 0.00871. The molecular formula is C20H23NO4. The van der Waals surface area contributed by atoms with Gasteiger partial charge in [-0.1, -0.05) is 43.3 Å². The van der Waals surface area contributed by atoms with Gasteiger partial charge in [0.25, 0.3) is 5.91 Å². The van der Waals surface area contributed by atoms with Gasteiger partial charge in [0.1, 0.15) is 11.2 Å². The summed E-state index contributed by atoms with van der Waals surface area (Å²) in [5.41, 5.74) is -0.120. The number of aliphatic carboxylic acids is 1. The topological polar surface area (TPSA) is 75.6 Å². The van der Waals surface area contributed by atoms with E-state index in [2.05, 4.69) is 5.32 Å². The molecule has 2 aromatic carbocycles. The highest BCUT2D eigenvalue weighted by Gasteiger charge is 2.35. The van der Waals surface area contributed by atoms with Crippen molar-refractivity contribution < 1.29 is 19.4 Å². The Hall–Kier alpha value is -2.82. The Bertz CT molecular complexity index is 729.